The third kappa shape index (κ3) is 6.09. The fraction of sp³-hybridized carbons (Fsp3) is 0.750. The summed E-state index contributed by atoms with van der Waals surface area (Å²) in [5.41, 5.74) is 0. The van der Waals surface area contributed by atoms with Gasteiger partial charge in [-0.2, -0.15) is 5.26 Å². The summed E-state index contributed by atoms with van der Waals surface area (Å²) in [5, 5.41) is 17.3. The van der Waals surface area contributed by atoms with E-state index in [0.717, 1.165) is 0 Å². The van der Waals surface area contributed by atoms with Crippen LogP contribution in [0.2, 0.25) is 0 Å². The summed E-state index contributed by atoms with van der Waals surface area (Å²) in [7, 11) is 0. The average molecular weight is 255 g/mol. The van der Waals surface area contributed by atoms with Crippen LogP contribution >= 0.6 is 0 Å². The number of carbonyl (C=O) groups excluding carboxylic acids is 1. The molecular weight excluding hydrogens is 234 g/mol. The van der Waals surface area contributed by atoms with Crippen molar-refractivity contribution in [3.05, 3.63) is 0 Å². The highest BCUT2D eigenvalue weighted by Gasteiger charge is 2.22. The fourth-order valence-electron chi connectivity index (χ4n) is 1.59. The normalized spacial score (nSPS) is 9.94. The zero-order chi connectivity index (χ0) is 14.1. The van der Waals surface area contributed by atoms with Gasteiger partial charge in [0.1, 0.15) is 6.54 Å². The molecule has 6 heteroatoms. The van der Waals surface area contributed by atoms with Gasteiger partial charge in [0, 0.05) is 19.6 Å². The summed E-state index contributed by atoms with van der Waals surface area (Å²) in [5.74, 6) is -0.830. The molecular formula is C12H21N3O3. The summed E-state index contributed by atoms with van der Waals surface area (Å²) in [6.07, 6.45) is 0.252. The van der Waals surface area contributed by atoms with Crippen LogP contribution in [0.4, 0.5) is 4.79 Å². The zero-order valence-electron chi connectivity index (χ0n) is 11.2. The van der Waals surface area contributed by atoms with Gasteiger partial charge in [0.2, 0.25) is 0 Å². The minimum atomic E-state index is -1.03. The molecule has 0 fully saturated rings. The first-order chi connectivity index (χ1) is 8.42. The van der Waals surface area contributed by atoms with Gasteiger partial charge < -0.3 is 14.9 Å². The van der Waals surface area contributed by atoms with Crippen molar-refractivity contribution in [2.45, 2.75) is 27.2 Å². The van der Waals surface area contributed by atoms with Crippen LogP contribution in [-0.4, -0.2) is 53.1 Å². The molecule has 2 amide bonds. The Morgan fingerprint density at radius 2 is 1.94 bits per heavy atom. The zero-order valence-corrected chi connectivity index (χ0v) is 11.2. The lowest BCUT2D eigenvalue weighted by Crippen LogP contribution is -2.47. The van der Waals surface area contributed by atoms with Gasteiger partial charge >= 0.3 is 12.0 Å². The molecule has 0 saturated heterocycles. The number of urea groups is 1. The van der Waals surface area contributed by atoms with E-state index in [1.165, 1.54) is 9.80 Å². The van der Waals surface area contributed by atoms with Gasteiger partial charge in [-0.15, -0.1) is 0 Å². The number of carboxylic acids is 1. The number of aliphatic carboxylic acids is 1. The predicted octanol–water partition coefficient (Wildman–Crippen LogP) is 1.38. The topological polar surface area (TPSA) is 84.6 Å². The Morgan fingerprint density at radius 3 is 2.33 bits per heavy atom. The van der Waals surface area contributed by atoms with Crippen molar-refractivity contribution in [3.8, 4) is 6.07 Å². The number of carbonyl (C=O) groups is 2. The van der Waals surface area contributed by atoms with Crippen LogP contribution in [0.1, 0.15) is 27.2 Å². The number of hydrogen-bond donors (Lipinski definition) is 1. The Kier molecular flexibility index (Phi) is 7.52. The van der Waals surface area contributed by atoms with E-state index in [9.17, 15) is 9.59 Å². The van der Waals surface area contributed by atoms with Crippen molar-refractivity contribution in [2.24, 2.45) is 5.92 Å². The van der Waals surface area contributed by atoms with Gasteiger partial charge in [-0.3, -0.25) is 4.79 Å². The van der Waals surface area contributed by atoms with Crippen LogP contribution in [0.3, 0.4) is 0 Å². The molecule has 102 valence electrons. The molecule has 0 spiro atoms. The van der Waals surface area contributed by atoms with Crippen molar-refractivity contribution in [3.63, 3.8) is 0 Å². The Bertz CT molecular complexity index is 323. The van der Waals surface area contributed by atoms with Gasteiger partial charge in [-0.1, -0.05) is 13.8 Å². The average Bonchev–Trinajstić information content (AvgIpc) is 2.27. The number of nitrogens with zero attached hydrogens (tertiary/aromatic N) is 3. The lowest BCUT2D eigenvalue weighted by atomic mass is 10.2. The van der Waals surface area contributed by atoms with Crippen molar-refractivity contribution >= 4 is 12.0 Å². The maximum atomic E-state index is 12.1. The van der Waals surface area contributed by atoms with E-state index >= 15 is 0 Å². The second-order valence-electron chi connectivity index (χ2n) is 4.44. The molecule has 0 aromatic carbocycles. The summed E-state index contributed by atoms with van der Waals surface area (Å²) in [6, 6.07) is 1.66. The third-order valence-corrected chi connectivity index (χ3v) is 2.33. The van der Waals surface area contributed by atoms with Crippen LogP contribution in [0.5, 0.6) is 0 Å². The van der Waals surface area contributed by atoms with E-state index in [4.69, 9.17) is 10.4 Å². The van der Waals surface area contributed by atoms with Crippen LogP contribution in [0, 0.1) is 17.2 Å². The Labute approximate surface area is 108 Å². The van der Waals surface area contributed by atoms with Crippen molar-refractivity contribution in [1.82, 2.24) is 9.80 Å². The van der Waals surface area contributed by atoms with Crippen LogP contribution in [-0.2, 0) is 4.79 Å². The van der Waals surface area contributed by atoms with E-state index in [0.29, 0.717) is 19.6 Å². The molecule has 0 radical (unpaired) electrons. The molecule has 0 heterocycles. The predicted molar refractivity (Wildman–Crippen MR) is 66.9 cm³/mol. The Balaban J connectivity index is 4.69. The number of nitriles is 1. The largest absolute Gasteiger partial charge is 0.480 e. The number of rotatable bonds is 7. The number of amides is 2. The summed E-state index contributed by atoms with van der Waals surface area (Å²) >= 11 is 0. The van der Waals surface area contributed by atoms with Gasteiger partial charge in [0.05, 0.1) is 12.5 Å². The maximum absolute atomic E-state index is 12.1. The Morgan fingerprint density at radius 1 is 1.33 bits per heavy atom. The van der Waals surface area contributed by atoms with Gasteiger partial charge in [0.25, 0.3) is 0 Å². The van der Waals surface area contributed by atoms with E-state index in [1.54, 1.807) is 0 Å². The minimum absolute atomic E-state index is 0.197. The highest BCUT2D eigenvalue weighted by atomic mass is 16.4. The SMILES string of the molecule is CCN(CCC#N)C(=O)N(CC(=O)O)CC(C)C. The molecule has 1 N–H and O–H groups in total. The first-order valence-corrected chi connectivity index (χ1v) is 6.04. The first-order valence-electron chi connectivity index (χ1n) is 6.04. The van der Waals surface area contributed by atoms with Crippen LogP contribution in [0.15, 0.2) is 0 Å². The third-order valence-electron chi connectivity index (χ3n) is 2.33. The standard InChI is InChI=1S/C12H21N3O3/c1-4-14(7-5-6-13)12(18)15(8-10(2)3)9-11(16)17/h10H,4-5,7-9H2,1-3H3,(H,16,17). The van der Waals surface area contributed by atoms with Gasteiger partial charge in [-0.05, 0) is 12.8 Å². The molecule has 0 rings (SSSR count). The molecule has 18 heavy (non-hydrogen) atoms. The Hall–Kier alpha value is -1.77. The van der Waals surface area contributed by atoms with Gasteiger partial charge in [0.15, 0.2) is 0 Å². The molecule has 0 saturated carbocycles. The molecule has 0 aliphatic rings. The van der Waals surface area contributed by atoms with Crippen LogP contribution in [0.25, 0.3) is 0 Å². The summed E-state index contributed by atoms with van der Waals surface area (Å²) in [6.45, 7) is 6.55. The van der Waals surface area contributed by atoms with Gasteiger partial charge in [-0.25, -0.2) is 4.79 Å². The lowest BCUT2D eigenvalue weighted by Gasteiger charge is -2.29. The molecule has 0 aromatic heterocycles. The maximum Gasteiger partial charge on any atom is 0.323 e. The number of hydrogen-bond acceptors (Lipinski definition) is 3. The quantitative estimate of drug-likeness (QED) is 0.744. The van der Waals surface area contributed by atoms with E-state index in [1.807, 2.05) is 26.8 Å². The second kappa shape index (κ2) is 8.34. The molecule has 0 unspecified atom stereocenters. The highest BCUT2D eigenvalue weighted by molar-refractivity contribution is 5.80. The lowest BCUT2D eigenvalue weighted by molar-refractivity contribution is -0.137. The van der Waals surface area contributed by atoms with Crippen LogP contribution < -0.4 is 0 Å². The summed E-state index contributed by atoms with van der Waals surface area (Å²) < 4.78 is 0. The molecule has 0 bridgehead atoms. The van der Waals surface area contributed by atoms with E-state index < -0.39 is 5.97 Å². The second-order valence-corrected chi connectivity index (χ2v) is 4.44. The molecule has 6 nitrogen and oxygen atoms in total. The minimum Gasteiger partial charge on any atom is -0.480 e. The van der Waals surface area contributed by atoms with Crippen molar-refractivity contribution < 1.29 is 14.7 Å². The molecule has 0 aliphatic carbocycles. The monoisotopic (exact) mass is 255 g/mol. The van der Waals surface area contributed by atoms with E-state index in [-0.39, 0.29) is 24.9 Å². The summed E-state index contributed by atoms with van der Waals surface area (Å²) in [4.78, 5) is 25.7. The number of carboxylic acid groups (broad SMARTS) is 1. The first kappa shape index (κ1) is 16.2. The highest BCUT2D eigenvalue weighted by Crippen LogP contribution is 2.05. The van der Waals surface area contributed by atoms with Crippen molar-refractivity contribution in [2.75, 3.05) is 26.2 Å². The molecule has 0 aromatic rings. The fourth-order valence-corrected chi connectivity index (χ4v) is 1.59. The van der Waals surface area contributed by atoms with Crippen molar-refractivity contribution in [1.29, 1.82) is 5.26 Å². The van der Waals surface area contributed by atoms with E-state index in [2.05, 4.69) is 0 Å². The molecule has 0 atom stereocenters. The smallest absolute Gasteiger partial charge is 0.323 e. The molecule has 0 aliphatic heterocycles.